The van der Waals surface area contributed by atoms with E-state index < -0.39 is 23.5 Å². The number of likely N-dealkylation sites (tertiary alicyclic amines) is 1. The van der Waals surface area contributed by atoms with Crippen molar-refractivity contribution in [2.75, 3.05) is 27.4 Å². The summed E-state index contributed by atoms with van der Waals surface area (Å²) in [5.41, 5.74) is 0.293. The number of Topliss-reactive ketones (excluding diaryl/α,β-unsaturated/α-hetero) is 1. The van der Waals surface area contributed by atoms with E-state index in [9.17, 15) is 19.1 Å². The fraction of sp³-hybridized carbons (Fsp3) is 0.273. The standard InChI is InChI=1S/C22H21BrFNO5/c1-29-11-5-10-25-19(14-6-3-4-7-16(14)24)18(21(27)22(25)28)20(26)13-8-9-17(30-2)15(23)12-13/h3-4,6-9,12,19,26H,5,10-11H2,1-2H3/b20-18+. The molecule has 0 radical (unpaired) electrons. The van der Waals surface area contributed by atoms with Gasteiger partial charge in [0.2, 0.25) is 0 Å². The normalized spacial score (nSPS) is 18.1. The number of amides is 1. The third-order valence-corrected chi connectivity index (χ3v) is 5.53. The highest BCUT2D eigenvalue weighted by atomic mass is 79.9. The van der Waals surface area contributed by atoms with Gasteiger partial charge in [0.15, 0.2) is 0 Å². The Kier molecular flexibility index (Phi) is 6.89. The Morgan fingerprint density at radius 1 is 1.20 bits per heavy atom. The number of hydrogen-bond donors (Lipinski definition) is 1. The first-order valence-electron chi connectivity index (χ1n) is 9.26. The van der Waals surface area contributed by atoms with Crippen LogP contribution in [-0.2, 0) is 14.3 Å². The van der Waals surface area contributed by atoms with Crippen LogP contribution in [0.4, 0.5) is 4.39 Å². The fourth-order valence-corrected chi connectivity index (χ4v) is 4.02. The summed E-state index contributed by atoms with van der Waals surface area (Å²) in [7, 11) is 3.04. The zero-order chi connectivity index (χ0) is 21.8. The van der Waals surface area contributed by atoms with Crippen LogP contribution < -0.4 is 4.74 Å². The lowest BCUT2D eigenvalue weighted by Crippen LogP contribution is -2.31. The minimum Gasteiger partial charge on any atom is -0.507 e. The topological polar surface area (TPSA) is 76.1 Å². The second-order valence-electron chi connectivity index (χ2n) is 6.71. The largest absolute Gasteiger partial charge is 0.507 e. The lowest BCUT2D eigenvalue weighted by molar-refractivity contribution is -0.140. The first-order chi connectivity index (χ1) is 14.4. The molecule has 1 N–H and O–H groups in total. The van der Waals surface area contributed by atoms with E-state index in [1.807, 2.05) is 0 Å². The van der Waals surface area contributed by atoms with Gasteiger partial charge < -0.3 is 19.5 Å². The number of carbonyl (C=O) groups is 2. The smallest absolute Gasteiger partial charge is 0.295 e. The Morgan fingerprint density at radius 2 is 1.93 bits per heavy atom. The van der Waals surface area contributed by atoms with Crippen molar-refractivity contribution in [3.8, 4) is 5.75 Å². The lowest BCUT2D eigenvalue weighted by Gasteiger charge is -2.25. The molecule has 0 saturated carbocycles. The van der Waals surface area contributed by atoms with Crippen LogP contribution in [0.5, 0.6) is 5.75 Å². The molecule has 1 fully saturated rings. The molecule has 1 heterocycles. The summed E-state index contributed by atoms with van der Waals surface area (Å²) in [5, 5.41) is 11.0. The Labute approximate surface area is 182 Å². The highest BCUT2D eigenvalue weighted by Gasteiger charge is 2.46. The van der Waals surface area contributed by atoms with E-state index in [2.05, 4.69) is 15.9 Å². The number of rotatable bonds is 7. The fourth-order valence-electron chi connectivity index (χ4n) is 3.48. The van der Waals surface area contributed by atoms with Crippen molar-refractivity contribution < 1.29 is 28.6 Å². The molecule has 0 aromatic heterocycles. The average Bonchev–Trinajstić information content (AvgIpc) is 2.98. The molecule has 6 nitrogen and oxygen atoms in total. The van der Waals surface area contributed by atoms with Crippen molar-refractivity contribution in [2.45, 2.75) is 12.5 Å². The van der Waals surface area contributed by atoms with Gasteiger partial charge in [0.25, 0.3) is 11.7 Å². The van der Waals surface area contributed by atoms with Crippen LogP contribution in [0.15, 0.2) is 52.5 Å². The van der Waals surface area contributed by atoms with E-state index in [0.29, 0.717) is 28.8 Å². The first-order valence-corrected chi connectivity index (χ1v) is 10.1. The summed E-state index contributed by atoms with van der Waals surface area (Å²) in [6.45, 7) is 0.554. The SMILES string of the molecule is COCCCN1C(=O)C(=O)/C(=C(/O)c2ccc(OC)c(Br)c2)C1c1ccccc1F. The molecule has 8 heteroatoms. The minimum atomic E-state index is -1.04. The van der Waals surface area contributed by atoms with E-state index >= 15 is 0 Å². The Hall–Kier alpha value is -2.71. The van der Waals surface area contributed by atoms with Crippen LogP contribution in [-0.4, -0.2) is 49.1 Å². The molecule has 1 aliphatic rings. The number of ether oxygens (including phenoxy) is 2. The highest BCUT2D eigenvalue weighted by molar-refractivity contribution is 9.10. The molecule has 0 aliphatic carbocycles. The van der Waals surface area contributed by atoms with E-state index in [-0.39, 0.29) is 23.4 Å². The number of carbonyl (C=O) groups excluding carboxylic acids is 2. The second-order valence-corrected chi connectivity index (χ2v) is 7.56. The second kappa shape index (κ2) is 9.40. The van der Waals surface area contributed by atoms with Crippen molar-refractivity contribution in [3.63, 3.8) is 0 Å². The molecule has 0 spiro atoms. The molecule has 2 aromatic rings. The quantitative estimate of drug-likeness (QED) is 0.281. The van der Waals surface area contributed by atoms with Gasteiger partial charge in [-0.25, -0.2) is 4.39 Å². The summed E-state index contributed by atoms with van der Waals surface area (Å²) in [6.07, 6.45) is 0.461. The maximum Gasteiger partial charge on any atom is 0.295 e. The molecule has 1 unspecified atom stereocenters. The van der Waals surface area contributed by atoms with Gasteiger partial charge in [0, 0.05) is 31.4 Å². The van der Waals surface area contributed by atoms with Crippen molar-refractivity contribution in [2.24, 2.45) is 0 Å². The van der Waals surface area contributed by atoms with Gasteiger partial charge in [-0.05, 0) is 46.6 Å². The predicted molar refractivity (Wildman–Crippen MR) is 113 cm³/mol. The van der Waals surface area contributed by atoms with Crippen molar-refractivity contribution in [1.29, 1.82) is 0 Å². The van der Waals surface area contributed by atoms with Crippen molar-refractivity contribution >= 4 is 33.4 Å². The number of aliphatic hydroxyl groups excluding tert-OH is 1. The predicted octanol–water partition coefficient (Wildman–Crippen LogP) is 4.06. The average molecular weight is 478 g/mol. The van der Waals surface area contributed by atoms with Gasteiger partial charge in [-0.2, -0.15) is 0 Å². The van der Waals surface area contributed by atoms with Crippen molar-refractivity contribution in [3.05, 3.63) is 69.5 Å². The number of methoxy groups -OCH3 is 2. The number of aliphatic hydroxyl groups is 1. The van der Waals surface area contributed by atoms with Crippen LogP contribution in [0.1, 0.15) is 23.6 Å². The first kappa shape index (κ1) is 22.0. The number of hydrogen-bond acceptors (Lipinski definition) is 5. The molecule has 1 atom stereocenters. The Morgan fingerprint density at radius 3 is 2.57 bits per heavy atom. The zero-order valence-corrected chi connectivity index (χ0v) is 18.1. The van der Waals surface area contributed by atoms with E-state index in [0.717, 1.165) is 0 Å². The van der Waals surface area contributed by atoms with E-state index in [4.69, 9.17) is 9.47 Å². The molecular formula is C22H21BrFNO5. The van der Waals surface area contributed by atoms with Gasteiger partial charge >= 0.3 is 0 Å². The summed E-state index contributed by atoms with van der Waals surface area (Å²) < 4.78 is 25.4. The molecule has 1 amide bonds. The molecule has 30 heavy (non-hydrogen) atoms. The number of halogens is 2. The Bertz CT molecular complexity index is 1010. The number of benzene rings is 2. The maximum atomic E-state index is 14.7. The molecule has 3 rings (SSSR count). The number of ketones is 1. The van der Waals surface area contributed by atoms with Gasteiger partial charge in [-0.3, -0.25) is 9.59 Å². The van der Waals surface area contributed by atoms with Gasteiger partial charge in [0.1, 0.15) is 17.3 Å². The molecule has 2 aromatic carbocycles. The summed E-state index contributed by atoms with van der Waals surface area (Å²) in [4.78, 5) is 26.9. The van der Waals surface area contributed by atoms with Crippen LogP contribution >= 0.6 is 15.9 Å². The number of nitrogens with zero attached hydrogens (tertiary/aromatic N) is 1. The van der Waals surface area contributed by atoms with Crippen LogP contribution in [0, 0.1) is 5.82 Å². The lowest BCUT2D eigenvalue weighted by atomic mass is 9.95. The van der Waals surface area contributed by atoms with Crippen LogP contribution in [0.3, 0.4) is 0 Å². The molecule has 1 saturated heterocycles. The highest BCUT2D eigenvalue weighted by Crippen LogP contribution is 2.41. The summed E-state index contributed by atoms with van der Waals surface area (Å²) >= 11 is 3.34. The van der Waals surface area contributed by atoms with Crippen molar-refractivity contribution in [1.82, 2.24) is 4.90 Å². The molecule has 158 valence electrons. The van der Waals surface area contributed by atoms with Crippen LogP contribution in [0.2, 0.25) is 0 Å². The summed E-state index contributed by atoms with van der Waals surface area (Å²) in [6, 6.07) is 9.63. The molecular weight excluding hydrogens is 457 g/mol. The maximum absolute atomic E-state index is 14.7. The minimum absolute atomic E-state index is 0.142. The van der Waals surface area contributed by atoms with Gasteiger partial charge in [-0.1, -0.05) is 18.2 Å². The third-order valence-electron chi connectivity index (χ3n) is 4.91. The van der Waals surface area contributed by atoms with Gasteiger partial charge in [0.05, 0.1) is 23.2 Å². The molecule has 1 aliphatic heterocycles. The van der Waals surface area contributed by atoms with E-state index in [1.54, 1.807) is 24.3 Å². The van der Waals surface area contributed by atoms with E-state index in [1.165, 1.54) is 37.3 Å². The van der Waals surface area contributed by atoms with Crippen LogP contribution in [0.25, 0.3) is 5.76 Å². The van der Waals surface area contributed by atoms with Gasteiger partial charge in [-0.15, -0.1) is 0 Å². The zero-order valence-electron chi connectivity index (χ0n) is 16.5. The third kappa shape index (κ3) is 4.11. The monoisotopic (exact) mass is 477 g/mol. The summed E-state index contributed by atoms with van der Waals surface area (Å²) in [5.74, 6) is -2.04. The molecule has 0 bridgehead atoms. The Balaban J connectivity index is 2.15.